The number of hydrogen-bond donors (Lipinski definition) is 2. The van der Waals surface area contributed by atoms with Crippen molar-refractivity contribution in [1.29, 1.82) is 0 Å². The van der Waals surface area contributed by atoms with Crippen molar-refractivity contribution in [3.63, 3.8) is 0 Å². The number of anilines is 2. The molecule has 0 radical (unpaired) electrons. The zero-order valence-corrected chi connectivity index (χ0v) is 17.6. The quantitative estimate of drug-likeness (QED) is 0.610. The topological polar surface area (TPSA) is 74.6 Å². The van der Waals surface area contributed by atoms with E-state index in [9.17, 15) is 9.59 Å². The second kappa shape index (κ2) is 9.51. The van der Waals surface area contributed by atoms with Crippen LogP contribution in [-0.4, -0.2) is 24.9 Å². The van der Waals surface area contributed by atoms with Gasteiger partial charge in [0.05, 0.1) is 11.8 Å². The van der Waals surface area contributed by atoms with Crippen LogP contribution in [0.5, 0.6) is 0 Å². The lowest BCUT2D eigenvalue weighted by Crippen LogP contribution is -2.35. The second-order valence-electron chi connectivity index (χ2n) is 8.00. The Morgan fingerprint density at radius 2 is 1.77 bits per heavy atom. The molecule has 2 heterocycles. The number of nitrogens with zero attached hydrogens (tertiary/aromatic N) is 1. The van der Waals surface area contributed by atoms with Crippen molar-refractivity contribution in [3.05, 3.63) is 83.8 Å². The van der Waals surface area contributed by atoms with E-state index in [0.29, 0.717) is 23.7 Å². The number of benzene rings is 2. The van der Waals surface area contributed by atoms with E-state index in [-0.39, 0.29) is 17.6 Å². The molecule has 1 aliphatic rings. The summed E-state index contributed by atoms with van der Waals surface area (Å²) >= 11 is 0. The van der Waals surface area contributed by atoms with Gasteiger partial charge in [0.1, 0.15) is 0 Å². The first kappa shape index (κ1) is 20.7. The van der Waals surface area contributed by atoms with Gasteiger partial charge in [0.15, 0.2) is 5.76 Å². The van der Waals surface area contributed by atoms with Gasteiger partial charge in [-0.25, -0.2) is 0 Å². The Morgan fingerprint density at radius 1 is 1.00 bits per heavy atom. The van der Waals surface area contributed by atoms with Crippen molar-refractivity contribution in [2.45, 2.75) is 26.3 Å². The first-order chi connectivity index (χ1) is 15.1. The lowest BCUT2D eigenvalue weighted by molar-refractivity contribution is 0.0949. The van der Waals surface area contributed by atoms with Gasteiger partial charge in [0.25, 0.3) is 11.8 Å². The Bertz CT molecular complexity index is 1020. The van der Waals surface area contributed by atoms with Crippen molar-refractivity contribution in [2.75, 3.05) is 23.3 Å². The maximum absolute atomic E-state index is 13.1. The van der Waals surface area contributed by atoms with Crippen LogP contribution in [0.3, 0.4) is 0 Å². The third-order valence-corrected chi connectivity index (χ3v) is 5.66. The largest absolute Gasteiger partial charge is 0.459 e. The summed E-state index contributed by atoms with van der Waals surface area (Å²) < 4.78 is 5.16. The summed E-state index contributed by atoms with van der Waals surface area (Å²) in [7, 11) is 0. The lowest BCUT2D eigenvalue weighted by Gasteiger charge is -2.33. The molecule has 0 atom stereocenters. The Hall–Kier alpha value is -3.54. The predicted octanol–water partition coefficient (Wildman–Crippen LogP) is 4.70. The summed E-state index contributed by atoms with van der Waals surface area (Å²) in [5, 5.41) is 5.83. The standard InChI is InChI=1S/C25H27N3O3/c1-18-11-13-28(14-12-18)22-10-9-20(27-25(30)23-8-5-15-31-23)16-21(22)24(29)26-17-19-6-3-2-4-7-19/h2-10,15-16,18H,11-14,17H2,1H3,(H,26,29)(H,27,30). The highest BCUT2D eigenvalue weighted by Crippen LogP contribution is 2.29. The van der Waals surface area contributed by atoms with Crippen molar-refractivity contribution in [3.8, 4) is 0 Å². The molecule has 4 rings (SSSR count). The van der Waals surface area contributed by atoms with E-state index in [1.807, 2.05) is 42.5 Å². The fraction of sp³-hybridized carbons (Fsp3) is 0.280. The zero-order chi connectivity index (χ0) is 21.6. The highest BCUT2D eigenvalue weighted by molar-refractivity contribution is 6.05. The van der Waals surface area contributed by atoms with Crippen LogP contribution in [0.2, 0.25) is 0 Å². The molecule has 2 aromatic carbocycles. The predicted molar refractivity (Wildman–Crippen MR) is 121 cm³/mol. The van der Waals surface area contributed by atoms with Crippen molar-refractivity contribution < 1.29 is 14.0 Å². The molecule has 3 aromatic rings. The van der Waals surface area contributed by atoms with Gasteiger partial charge in [0.2, 0.25) is 0 Å². The van der Waals surface area contributed by atoms with Crippen molar-refractivity contribution >= 4 is 23.2 Å². The molecule has 2 amide bonds. The summed E-state index contributed by atoms with van der Waals surface area (Å²) in [6.07, 6.45) is 3.65. The molecular weight excluding hydrogens is 390 g/mol. The van der Waals surface area contributed by atoms with Crippen LogP contribution in [0, 0.1) is 5.92 Å². The molecule has 1 saturated heterocycles. The first-order valence-electron chi connectivity index (χ1n) is 10.7. The molecule has 1 fully saturated rings. The van der Waals surface area contributed by atoms with Crippen LogP contribution in [0.15, 0.2) is 71.3 Å². The van der Waals surface area contributed by atoms with Gasteiger partial charge >= 0.3 is 0 Å². The molecular formula is C25H27N3O3. The molecule has 6 heteroatoms. The smallest absolute Gasteiger partial charge is 0.291 e. The number of carbonyl (C=O) groups is 2. The molecule has 160 valence electrons. The molecule has 31 heavy (non-hydrogen) atoms. The summed E-state index contributed by atoms with van der Waals surface area (Å²) in [4.78, 5) is 27.8. The minimum absolute atomic E-state index is 0.161. The average Bonchev–Trinajstić information content (AvgIpc) is 3.34. The molecule has 0 spiro atoms. The third-order valence-electron chi connectivity index (χ3n) is 5.66. The molecule has 0 aliphatic carbocycles. The van der Waals surface area contributed by atoms with E-state index in [1.54, 1.807) is 18.2 Å². The number of rotatable bonds is 6. The Labute approximate surface area is 182 Å². The summed E-state index contributed by atoms with van der Waals surface area (Å²) in [5.74, 6) is 0.411. The maximum atomic E-state index is 13.1. The number of hydrogen-bond acceptors (Lipinski definition) is 4. The average molecular weight is 418 g/mol. The Balaban J connectivity index is 1.56. The number of amides is 2. The van der Waals surface area contributed by atoms with E-state index in [1.165, 1.54) is 6.26 Å². The normalized spacial score (nSPS) is 14.3. The van der Waals surface area contributed by atoms with E-state index in [0.717, 1.165) is 37.2 Å². The van der Waals surface area contributed by atoms with Crippen molar-refractivity contribution in [2.24, 2.45) is 5.92 Å². The van der Waals surface area contributed by atoms with Crippen LogP contribution < -0.4 is 15.5 Å². The number of carbonyl (C=O) groups excluding carboxylic acids is 2. The van der Waals surface area contributed by atoms with E-state index in [2.05, 4.69) is 22.5 Å². The highest BCUT2D eigenvalue weighted by atomic mass is 16.3. The monoisotopic (exact) mass is 417 g/mol. The summed E-state index contributed by atoms with van der Waals surface area (Å²) in [6, 6.07) is 18.6. The van der Waals surface area contributed by atoms with E-state index >= 15 is 0 Å². The fourth-order valence-electron chi connectivity index (χ4n) is 3.79. The SMILES string of the molecule is CC1CCN(c2ccc(NC(=O)c3ccco3)cc2C(=O)NCc2ccccc2)CC1. The second-order valence-corrected chi connectivity index (χ2v) is 8.00. The zero-order valence-electron chi connectivity index (χ0n) is 17.6. The lowest BCUT2D eigenvalue weighted by atomic mass is 9.97. The van der Waals surface area contributed by atoms with Crippen LogP contribution in [0.4, 0.5) is 11.4 Å². The molecule has 0 unspecified atom stereocenters. The highest BCUT2D eigenvalue weighted by Gasteiger charge is 2.22. The van der Waals surface area contributed by atoms with Gasteiger partial charge in [-0.3, -0.25) is 9.59 Å². The fourth-order valence-corrected chi connectivity index (χ4v) is 3.79. The third kappa shape index (κ3) is 5.15. The molecule has 0 bridgehead atoms. The number of piperidine rings is 1. The maximum Gasteiger partial charge on any atom is 0.291 e. The summed E-state index contributed by atoms with van der Waals surface area (Å²) in [5.41, 5.74) is 3.04. The first-order valence-corrected chi connectivity index (χ1v) is 10.7. The molecule has 0 saturated carbocycles. The molecule has 6 nitrogen and oxygen atoms in total. The van der Waals surface area contributed by atoms with Gasteiger partial charge < -0.3 is 20.0 Å². The van der Waals surface area contributed by atoms with Crippen LogP contribution in [-0.2, 0) is 6.54 Å². The number of furan rings is 1. The van der Waals surface area contributed by atoms with Crippen LogP contribution in [0.25, 0.3) is 0 Å². The van der Waals surface area contributed by atoms with Crippen LogP contribution in [0.1, 0.15) is 46.2 Å². The minimum atomic E-state index is -0.347. The van der Waals surface area contributed by atoms with Crippen molar-refractivity contribution in [1.82, 2.24) is 5.32 Å². The Kier molecular flexibility index (Phi) is 6.36. The van der Waals surface area contributed by atoms with E-state index < -0.39 is 0 Å². The minimum Gasteiger partial charge on any atom is -0.459 e. The molecule has 1 aromatic heterocycles. The number of nitrogens with one attached hydrogen (secondary N) is 2. The van der Waals surface area contributed by atoms with Gasteiger partial charge in [-0.15, -0.1) is 0 Å². The van der Waals surface area contributed by atoms with Gasteiger partial charge in [0, 0.05) is 31.0 Å². The van der Waals surface area contributed by atoms with Crippen LogP contribution >= 0.6 is 0 Å². The van der Waals surface area contributed by atoms with Gasteiger partial charge in [-0.1, -0.05) is 37.3 Å². The Morgan fingerprint density at radius 3 is 2.48 bits per heavy atom. The molecule has 2 N–H and O–H groups in total. The van der Waals surface area contributed by atoms with Gasteiger partial charge in [-0.05, 0) is 54.7 Å². The van der Waals surface area contributed by atoms with E-state index in [4.69, 9.17) is 4.42 Å². The summed E-state index contributed by atoms with van der Waals surface area (Å²) in [6.45, 7) is 4.54. The van der Waals surface area contributed by atoms with Gasteiger partial charge in [-0.2, -0.15) is 0 Å². The molecule has 1 aliphatic heterocycles.